The minimum atomic E-state index is -0.219. The number of rotatable bonds is 5. The van der Waals surface area contributed by atoms with Gasteiger partial charge in [-0.05, 0) is 19.8 Å². The van der Waals surface area contributed by atoms with E-state index in [2.05, 4.69) is 6.07 Å². The van der Waals surface area contributed by atoms with E-state index < -0.39 is 0 Å². The van der Waals surface area contributed by atoms with Gasteiger partial charge >= 0.3 is 5.97 Å². The Bertz CT molecular complexity index is 254. The topological polar surface area (TPSA) is 53.3 Å². The third-order valence-electron chi connectivity index (χ3n) is 3.00. The van der Waals surface area contributed by atoms with Crippen molar-refractivity contribution in [1.29, 1.82) is 5.26 Å². The first-order valence-corrected chi connectivity index (χ1v) is 6.04. The molecule has 90 valence electrons. The molecule has 1 aliphatic carbocycles. The highest BCUT2D eigenvalue weighted by Gasteiger charge is 2.23. The SMILES string of the molecule is CCOC(=O)CN(CC#N)C1CCCCC1. The molecule has 0 spiro atoms. The van der Waals surface area contributed by atoms with Gasteiger partial charge in [-0.2, -0.15) is 5.26 Å². The predicted molar refractivity (Wildman–Crippen MR) is 60.7 cm³/mol. The molecule has 16 heavy (non-hydrogen) atoms. The van der Waals surface area contributed by atoms with E-state index in [1.807, 2.05) is 4.90 Å². The Morgan fingerprint density at radius 2 is 2.12 bits per heavy atom. The number of hydrogen-bond acceptors (Lipinski definition) is 4. The number of esters is 1. The molecular weight excluding hydrogens is 204 g/mol. The van der Waals surface area contributed by atoms with E-state index in [1.54, 1.807) is 6.92 Å². The van der Waals surface area contributed by atoms with Gasteiger partial charge in [0.2, 0.25) is 0 Å². The highest BCUT2D eigenvalue weighted by molar-refractivity contribution is 5.71. The van der Waals surface area contributed by atoms with Crippen molar-refractivity contribution in [1.82, 2.24) is 4.90 Å². The summed E-state index contributed by atoms with van der Waals surface area (Å²) in [5, 5.41) is 8.77. The van der Waals surface area contributed by atoms with Gasteiger partial charge in [0.25, 0.3) is 0 Å². The summed E-state index contributed by atoms with van der Waals surface area (Å²) in [6.45, 7) is 2.78. The molecule has 0 N–H and O–H groups in total. The van der Waals surface area contributed by atoms with Crippen molar-refractivity contribution in [3.8, 4) is 6.07 Å². The lowest BCUT2D eigenvalue weighted by molar-refractivity contribution is -0.145. The highest BCUT2D eigenvalue weighted by atomic mass is 16.5. The molecule has 0 aromatic heterocycles. The second-order valence-electron chi connectivity index (χ2n) is 4.16. The lowest BCUT2D eigenvalue weighted by Gasteiger charge is -2.31. The molecule has 0 radical (unpaired) electrons. The second kappa shape index (κ2) is 7.24. The van der Waals surface area contributed by atoms with Crippen molar-refractivity contribution in [2.45, 2.75) is 45.1 Å². The maximum Gasteiger partial charge on any atom is 0.320 e. The Labute approximate surface area is 97.2 Å². The van der Waals surface area contributed by atoms with Crippen LogP contribution in [0.15, 0.2) is 0 Å². The maximum atomic E-state index is 11.4. The molecule has 1 rings (SSSR count). The van der Waals surface area contributed by atoms with Gasteiger partial charge in [0.15, 0.2) is 0 Å². The molecule has 4 nitrogen and oxygen atoms in total. The predicted octanol–water partition coefficient (Wildman–Crippen LogP) is 1.71. The Morgan fingerprint density at radius 1 is 1.44 bits per heavy atom. The molecule has 0 saturated heterocycles. The van der Waals surface area contributed by atoms with Crippen molar-refractivity contribution in [3.63, 3.8) is 0 Å². The first-order chi connectivity index (χ1) is 7.77. The average molecular weight is 224 g/mol. The van der Waals surface area contributed by atoms with Crippen LogP contribution in [-0.2, 0) is 9.53 Å². The molecule has 4 heteroatoms. The molecule has 0 amide bonds. The summed E-state index contributed by atoms with van der Waals surface area (Å²) in [7, 11) is 0. The van der Waals surface area contributed by atoms with Crippen molar-refractivity contribution in [2.24, 2.45) is 0 Å². The number of carbonyl (C=O) groups is 1. The molecule has 0 bridgehead atoms. The summed E-state index contributed by atoms with van der Waals surface area (Å²) >= 11 is 0. The van der Waals surface area contributed by atoms with Crippen molar-refractivity contribution in [3.05, 3.63) is 0 Å². The van der Waals surface area contributed by atoms with Crippen LogP contribution in [0.4, 0.5) is 0 Å². The van der Waals surface area contributed by atoms with Gasteiger partial charge in [-0.1, -0.05) is 19.3 Å². The van der Waals surface area contributed by atoms with Gasteiger partial charge in [0, 0.05) is 6.04 Å². The van der Waals surface area contributed by atoms with Crippen LogP contribution < -0.4 is 0 Å². The van der Waals surface area contributed by atoms with E-state index in [-0.39, 0.29) is 12.5 Å². The van der Waals surface area contributed by atoms with Gasteiger partial charge in [-0.3, -0.25) is 9.69 Å². The fourth-order valence-electron chi connectivity index (χ4n) is 2.22. The molecule has 0 atom stereocenters. The summed E-state index contributed by atoms with van der Waals surface area (Å²) in [5.41, 5.74) is 0. The van der Waals surface area contributed by atoms with Crippen LogP contribution in [0.5, 0.6) is 0 Å². The van der Waals surface area contributed by atoms with Crippen molar-refractivity contribution < 1.29 is 9.53 Å². The summed E-state index contributed by atoms with van der Waals surface area (Å²) in [5.74, 6) is -0.219. The molecule has 1 saturated carbocycles. The largest absolute Gasteiger partial charge is 0.465 e. The van der Waals surface area contributed by atoms with Gasteiger partial charge in [0.1, 0.15) is 0 Å². The summed E-state index contributed by atoms with van der Waals surface area (Å²) in [6.07, 6.45) is 5.88. The molecule has 1 aliphatic rings. The molecule has 0 aromatic carbocycles. The quantitative estimate of drug-likeness (QED) is 0.527. The fraction of sp³-hybridized carbons (Fsp3) is 0.833. The van der Waals surface area contributed by atoms with Crippen LogP contribution in [-0.4, -0.2) is 36.6 Å². The van der Waals surface area contributed by atoms with Gasteiger partial charge in [0.05, 0.1) is 25.8 Å². The number of nitrogens with zero attached hydrogens (tertiary/aromatic N) is 2. The van der Waals surface area contributed by atoms with Crippen LogP contribution in [0.2, 0.25) is 0 Å². The minimum absolute atomic E-state index is 0.219. The highest BCUT2D eigenvalue weighted by Crippen LogP contribution is 2.22. The molecular formula is C12H20N2O2. The first-order valence-electron chi connectivity index (χ1n) is 6.04. The molecule has 1 fully saturated rings. The molecule has 0 unspecified atom stereocenters. The minimum Gasteiger partial charge on any atom is -0.465 e. The van der Waals surface area contributed by atoms with Crippen LogP contribution in [0.25, 0.3) is 0 Å². The monoisotopic (exact) mass is 224 g/mol. The van der Waals surface area contributed by atoms with Crippen molar-refractivity contribution in [2.75, 3.05) is 19.7 Å². The zero-order chi connectivity index (χ0) is 11.8. The Kier molecular flexibility index (Phi) is 5.87. The number of nitriles is 1. The third kappa shape index (κ3) is 4.19. The Morgan fingerprint density at radius 3 is 2.69 bits per heavy atom. The number of ether oxygens (including phenoxy) is 1. The fourth-order valence-corrected chi connectivity index (χ4v) is 2.22. The molecule has 0 aromatic rings. The summed E-state index contributed by atoms with van der Waals surface area (Å²) in [4.78, 5) is 13.4. The van der Waals surface area contributed by atoms with Gasteiger partial charge in [-0.25, -0.2) is 0 Å². The van der Waals surface area contributed by atoms with Crippen LogP contribution in [0.1, 0.15) is 39.0 Å². The van der Waals surface area contributed by atoms with E-state index in [0.29, 0.717) is 19.2 Å². The lowest BCUT2D eigenvalue weighted by Crippen LogP contribution is -2.41. The zero-order valence-corrected chi connectivity index (χ0v) is 9.95. The third-order valence-corrected chi connectivity index (χ3v) is 3.00. The van der Waals surface area contributed by atoms with E-state index in [1.165, 1.54) is 19.3 Å². The first kappa shape index (κ1) is 13.0. The van der Waals surface area contributed by atoms with E-state index in [4.69, 9.17) is 10.00 Å². The van der Waals surface area contributed by atoms with Crippen LogP contribution in [0, 0.1) is 11.3 Å². The molecule has 0 aliphatic heterocycles. The average Bonchev–Trinajstić information content (AvgIpc) is 2.30. The van der Waals surface area contributed by atoms with Gasteiger partial charge < -0.3 is 4.74 Å². The summed E-state index contributed by atoms with van der Waals surface area (Å²) in [6, 6.07) is 2.52. The number of hydrogen-bond donors (Lipinski definition) is 0. The standard InChI is InChI=1S/C12H20N2O2/c1-2-16-12(15)10-14(9-8-13)11-6-4-3-5-7-11/h11H,2-7,9-10H2,1H3. The van der Waals surface area contributed by atoms with Crippen molar-refractivity contribution >= 4 is 5.97 Å². The normalized spacial score (nSPS) is 17.1. The maximum absolute atomic E-state index is 11.4. The van der Waals surface area contributed by atoms with Crippen LogP contribution >= 0.6 is 0 Å². The Hall–Kier alpha value is -1.08. The lowest BCUT2D eigenvalue weighted by atomic mass is 9.94. The smallest absolute Gasteiger partial charge is 0.320 e. The van der Waals surface area contributed by atoms with E-state index >= 15 is 0 Å². The zero-order valence-electron chi connectivity index (χ0n) is 9.95. The second-order valence-corrected chi connectivity index (χ2v) is 4.16. The van der Waals surface area contributed by atoms with Crippen LogP contribution in [0.3, 0.4) is 0 Å². The van der Waals surface area contributed by atoms with E-state index in [0.717, 1.165) is 12.8 Å². The summed E-state index contributed by atoms with van der Waals surface area (Å²) < 4.78 is 4.92. The van der Waals surface area contributed by atoms with Gasteiger partial charge in [-0.15, -0.1) is 0 Å². The number of carbonyl (C=O) groups excluding carboxylic acids is 1. The van der Waals surface area contributed by atoms with E-state index in [9.17, 15) is 4.79 Å². The molecule has 0 heterocycles. The Balaban J connectivity index is 2.45.